The maximum atomic E-state index is 13.2. The first-order valence-electron chi connectivity index (χ1n) is 7.18. The largest absolute Gasteiger partial charge is 0.322 e. The van der Waals surface area contributed by atoms with Gasteiger partial charge in [-0.15, -0.1) is 0 Å². The average molecular weight is 405 g/mol. The van der Waals surface area contributed by atoms with E-state index in [1.807, 2.05) is 0 Å². The van der Waals surface area contributed by atoms with Crippen LogP contribution in [0.5, 0.6) is 0 Å². The van der Waals surface area contributed by atoms with Crippen molar-refractivity contribution in [2.45, 2.75) is 24.8 Å². The zero-order valence-corrected chi connectivity index (χ0v) is 15.6. The Bertz CT molecular complexity index is 918. The number of rotatable bonds is 5. The van der Waals surface area contributed by atoms with Crippen LogP contribution in [-0.4, -0.2) is 20.4 Å². The summed E-state index contributed by atoms with van der Waals surface area (Å²) in [5, 5.41) is 2.42. The molecule has 0 atom stereocenters. The van der Waals surface area contributed by atoms with E-state index in [4.69, 9.17) is 23.2 Å². The van der Waals surface area contributed by atoms with Crippen LogP contribution in [0.2, 0.25) is 10.0 Å². The van der Waals surface area contributed by atoms with Gasteiger partial charge >= 0.3 is 0 Å². The predicted octanol–water partition coefficient (Wildman–Crippen LogP) is 4.07. The molecule has 2 aromatic carbocycles. The van der Waals surface area contributed by atoms with Gasteiger partial charge in [0.2, 0.25) is 10.0 Å². The Morgan fingerprint density at radius 1 is 1.08 bits per heavy atom. The van der Waals surface area contributed by atoms with Crippen LogP contribution >= 0.6 is 23.2 Å². The third-order valence-corrected chi connectivity index (χ3v) is 5.34. The third-order valence-electron chi connectivity index (χ3n) is 3.06. The molecule has 1 amide bonds. The van der Waals surface area contributed by atoms with E-state index in [1.165, 1.54) is 30.3 Å². The van der Waals surface area contributed by atoms with E-state index in [9.17, 15) is 17.6 Å². The van der Waals surface area contributed by atoms with Gasteiger partial charge in [0.1, 0.15) is 5.82 Å². The van der Waals surface area contributed by atoms with Gasteiger partial charge in [0.05, 0.1) is 20.5 Å². The molecular weight excluding hydrogens is 390 g/mol. The number of carbonyl (C=O) groups excluding carboxylic acids is 1. The Morgan fingerprint density at radius 3 is 2.36 bits per heavy atom. The van der Waals surface area contributed by atoms with Crippen molar-refractivity contribution >= 4 is 44.8 Å². The topological polar surface area (TPSA) is 75.3 Å². The van der Waals surface area contributed by atoms with E-state index in [-0.39, 0.29) is 32.2 Å². The molecule has 0 saturated carbocycles. The van der Waals surface area contributed by atoms with E-state index < -0.39 is 21.7 Å². The Morgan fingerprint density at radius 2 is 1.76 bits per heavy atom. The van der Waals surface area contributed by atoms with Crippen LogP contribution in [0.15, 0.2) is 41.3 Å². The quantitative estimate of drug-likeness (QED) is 0.788. The lowest BCUT2D eigenvalue weighted by Crippen LogP contribution is -2.30. The van der Waals surface area contributed by atoms with E-state index in [0.29, 0.717) is 0 Å². The van der Waals surface area contributed by atoms with Gasteiger partial charge in [0, 0.05) is 11.7 Å². The summed E-state index contributed by atoms with van der Waals surface area (Å²) < 4.78 is 40.0. The fourth-order valence-electron chi connectivity index (χ4n) is 2.00. The Labute approximate surface area is 155 Å². The highest BCUT2D eigenvalue weighted by Crippen LogP contribution is 2.24. The molecular formula is C16H15Cl2FN2O3S. The second kappa shape index (κ2) is 7.70. The van der Waals surface area contributed by atoms with E-state index >= 15 is 0 Å². The SMILES string of the molecule is CC(C)NS(=O)(=O)c1ccc(Cl)c(C(=O)Nc2ccc(F)c(Cl)c2)c1. The maximum absolute atomic E-state index is 13.2. The number of halogens is 3. The zero-order valence-electron chi connectivity index (χ0n) is 13.3. The van der Waals surface area contributed by atoms with Crippen LogP contribution in [0.3, 0.4) is 0 Å². The van der Waals surface area contributed by atoms with Gasteiger partial charge in [-0.1, -0.05) is 23.2 Å². The molecule has 0 aliphatic heterocycles. The van der Waals surface area contributed by atoms with Gasteiger partial charge in [-0.2, -0.15) is 0 Å². The van der Waals surface area contributed by atoms with Gasteiger partial charge in [-0.05, 0) is 50.2 Å². The molecule has 0 unspecified atom stereocenters. The molecule has 134 valence electrons. The molecule has 0 saturated heterocycles. The van der Waals surface area contributed by atoms with E-state index in [2.05, 4.69) is 10.0 Å². The molecule has 5 nitrogen and oxygen atoms in total. The summed E-state index contributed by atoms with van der Waals surface area (Å²) in [5.74, 6) is -1.26. The van der Waals surface area contributed by atoms with Crippen LogP contribution in [0.25, 0.3) is 0 Å². The smallest absolute Gasteiger partial charge is 0.257 e. The number of hydrogen-bond donors (Lipinski definition) is 2. The highest BCUT2D eigenvalue weighted by atomic mass is 35.5. The van der Waals surface area contributed by atoms with Crippen molar-refractivity contribution in [2.75, 3.05) is 5.32 Å². The molecule has 0 aliphatic carbocycles. The lowest BCUT2D eigenvalue weighted by atomic mass is 10.2. The number of benzene rings is 2. The second-order valence-corrected chi connectivity index (χ2v) is 8.03. The number of sulfonamides is 1. The minimum Gasteiger partial charge on any atom is -0.322 e. The Kier molecular flexibility index (Phi) is 6.05. The van der Waals surface area contributed by atoms with Crippen LogP contribution in [0, 0.1) is 5.82 Å². The molecule has 0 fully saturated rings. The van der Waals surface area contributed by atoms with Crippen molar-refractivity contribution in [3.8, 4) is 0 Å². The van der Waals surface area contributed by atoms with Crippen molar-refractivity contribution in [3.63, 3.8) is 0 Å². The fraction of sp³-hybridized carbons (Fsp3) is 0.188. The first-order valence-corrected chi connectivity index (χ1v) is 9.42. The molecule has 0 spiro atoms. The Hall–Kier alpha value is -1.67. The first-order chi connectivity index (χ1) is 11.6. The standard InChI is InChI=1S/C16H15Cl2FN2O3S/c1-9(2)21-25(23,24)11-4-5-13(17)12(8-11)16(22)20-10-3-6-15(19)14(18)7-10/h3-9,21H,1-2H3,(H,20,22). The van der Waals surface area contributed by atoms with E-state index in [0.717, 1.165) is 6.07 Å². The lowest BCUT2D eigenvalue weighted by Gasteiger charge is -2.12. The molecule has 0 radical (unpaired) electrons. The molecule has 0 bridgehead atoms. The van der Waals surface area contributed by atoms with Crippen molar-refractivity contribution in [2.24, 2.45) is 0 Å². The van der Waals surface area contributed by atoms with Crippen molar-refractivity contribution in [3.05, 3.63) is 57.8 Å². The van der Waals surface area contributed by atoms with Gasteiger partial charge < -0.3 is 5.32 Å². The molecule has 0 heterocycles. The van der Waals surface area contributed by atoms with E-state index in [1.54, 1.807) is 13.8 Å². The van der Waals surface area contributed by atoms with Gasteiger partial charge in [0.25, 0.3) is 5.91 Å². The van der Waals surface area contributed by atoms with Crippen molar-refractivity contribution in [1.82, 2.24) is 4.72 Å². The van der Waals surface area contributed by atoms with Gasteiger partial charge in [-0.25, -0.2) is 17.5 Å². The summed E-state index contributed by atoms with van der Waals surface area (Å²) in [5.41, 5.74) is 0.217. The van der Waals surface area contributed by atoms with Crippen molar-refractivity contribution < 1.29 is 17.6 Å². The fourth-order valence-corrected chi connectivity index (χ4v) is 3.66. The highest BCUT2D eigenvalue weighted by molar-refractivity contribution is 7.89. The van der Waals surface area contributed by atoms with Crippen LogP contribution in [-0.2, 0) is 10.0 Å². The number of nitrogens with one attached hydrogen (secondary N) is 2. The van der Waals surface area contributed by atoms with Crippen LogP contribution in [0.4, 0.5) is 10.1 Å². The summed E-state index contributed by atoms with van der Waals surface area (Å²) in [4.78, 5) is 12.3. The summed E-state index contributed by atoms with van der Waals surface area (Å²) in [6.45, 7) is 3.36. The van der Waals surface area contributed by atoms with Crippen LogP contribution < -0.4 is 10.0 Å². The van der Waals surface area contributed by atoms with Gasteiger partial charge in [0.15, 0.2) is 0 Å². The van der Waals surface area contributed by atoms with Crippen molar-refractivity contribution in [1.29, 1.82) is 0 Å². The monoisotopic (exact) mass is 404 g/mol. The summed E-state index contributed by atoms with van der Waals surface area (Å²) in [6.07, 6.45) is 0. The molecule has 0 aromatic heterocycles. The lowest BCUT2D eigenvalue weighted by molar-refractivity contribution is 0.102. The minimum atomic E-state index is -3.78. The molecule has 2 N–H and O–H groups in total. The maximum Gasteiger partial charge on any atom is 0.257 e. The second-order valence-electron chi connectivity index (χ2n) is 5.50. The molecule has 9 heteroatoms. The number of anilines is 1. The summed E-state index contributed by atoms with van der Waals surface area (Å²) in [7, 11) is -3.78. The Balaban J connectivity index is 2.33. The molecule has 25 heavy (non-hydrogen) atoms. The minimum absolute atomic E-state index is 0.0336. The number of carbonyl (C=O) groups is 1. The van der Waals surface area contributed by atoms with Crippen LogP contribution in [0.1, 0.15) is 24.2 Å². The summed E-state index contributed by atoms with van der Waals surface area (Å²) in [6, 6.07) is 7.17. The number of hydrogen-bond acceptors (Lipinski definition) is 3. The average Bonchev–Trinajstić information content (AvgIpc) is 2.49. The third kappa shape index (κ3) is 4.92. The van der Waals surface area contributed by atoms with Gasteiger partial charge in [-0.3, -0.25) is 4.79 Å². The molecule has 2 aromatic rings. The highest BCUT2D eigenvalue weighted by Gasteiger charge is 2.19. The molecule has 0 aliphatic rings. The molecule has 2 rings (SSSR count). The summed E-state index contributed by atoms with van der Waals surface area (Å²) >= 11 is 11.7. The normalized spacial score (nSPS) is 11.6. The zero-order chi connectivity index (χ0) is 18.8. The predicted molar refractivity (Wildman–Crippen MR) is 96.3 cm³/mol. The number of amides is 1. The first kappa shape index (κ1) is 19.7.